The third kappa shape index (κ3) is 1.79. The average molecular weight is 279 g/mol. The normalized spacial score (nSPS) is 11.3. The van der Waals surface area contributed by atoms with Crippen LogP contribution in [-0.2, 0) is 6.42 Å². The number of fused-ring (bicyclic) bond motifs is 1. The molecule has 3 rings (SSSR count). The van der Waals surface area contributed by atoms with Gasteiger partial charge in [-0.25, -0.2) is 0 Å². The van der Waals surface area contributed by atoms with Crippen LogP contribution in [0.4, 0.5) is 0 Å². The topological polar surface area (TPSA) is 43.1 Å². The van der Waals surface area contributed by atoms with Crippen molar-refractivity contribution in [3.8, 4) is 10.6 Å². The zero-order valence-corrected chi connectivity index (χ0v) is 11.6. The largest absolute Gasteiger partial charge is 0.234 e. The molecule has 0 bridgehead atoms. The first-order valence-electron chi connectivity index (χ1n) is 5.66. The second-order valence-electron chi connectivity index (χ2n) is 4.04. The van der Waals surface area contributed by atoms with Crippen LogP contribution in [0.2, 0.25) is 5.02 Å². The lowest BCUT2D eigenvalue weighted by molar-refractivity contribution is 0.838. The Morgan fingerprint density at radius 3 is 2.89 bits per heavy atom. The Bertz CT molecular complexity index is 716. The Morgan fingerprint density at radius 2 is 2.17 bits per heavy atom. The van der Waals surface area contributed by atoms with Crippen LogP contribution in [0.5, 0.6) is 0 Å². The van der Waals surface area contributed by atoms with E-state index in [0.29, 0.717) is 0 Å². The van der Waals surface area contributed by atoms with E-state index in [1.54, 1.807) is 0 Å². The summed E-state index contributed by atoms with van der Waals surface area (Å²) in [6.45, 7) is 4.03. The number of benzene rings is 1. The summed E-state index contributed by atoms with van der Waals surface area (Å²) in [6, 6.07) is 5.92. The lowest BCUT2D eigenvalue weighted by Crippen LogP contribution is -1.93. The minimum Gasteiger partial charge on any atom is -0.187 e. The standard InChI is InChI=1S/C12H11ClN4S/c1-3-10-14-15-12-17(10)16-11(18-12)8-4-5-9(13)7(2)6-8/h4-6H,3H2,1-2H3. The van der Waals surface area contributed by atoms with E-state index in [1.807, 2.05) is 36.6 Å². The third-order valence-corrected chi connectivity index (χ3v) is 4.15. The molecule has 0 N–H and O–H groups in total. The number of rotatable bonds is 2. The molecule has 6 heteroatoms. The van der Waals surface area contributed by atoms with Gasteiger partial charge in [0.2, 0.25) is 4.96 Å². The first kappa shape index (κ1) is 11.6. The van der Waals surface area contributed by atoms with Crippen LogP contribution in [-0.4, -0.2) is 19.8 Å². The summed E-state index contributed by atoms with van der Waals surface area (Å²) in [7, 11) is 0. The van der Waals surface area contributed by atoms with Crippen molar-refractivity contribution in [1.82, 2.24) is 19.8 Å². The van der Waals surface area contributed by atoms with E-state index in [9.17, 15) is 0 Å². The Kier molecular flexibility index (Phi) is 2.80. The van der Waals surface area contributed by atoms with E-state index in [2.05, 4.69) is 15.3 Å². The molecule has 0 amide bonds. The molecule has 0 fully saturated rings. The van der Waals surface area contributed by atoms with E-state index in [1.165, 1.54) is 11.3 Å². The van der Waals surface area contributed by atoms with Gasteiger partial charge in [0.15, 0.2) is 5.82 Å². The number of nitrogens with zero attached hydrogens (tertiary/aromatic N) is 4. The second-order valence-corrected chi connectivity index (χ2v) is 5.40. The van der Waals surface area contributed by atoms with Crippen LogP contribution >= 0.6 is 22.9 Å². The molecule has 3 aromatic rings. The van der Waals surface area contributed by atoms with Crippen molar-refractivity contribution in [2.45, 2.75) is 20.3 Å². The monoisotopic (exact) mass is 278 g/mol. The van der Waals surface area contributed by atoms with Crippen molar-refractivity contribution in [3.63, 3.8) is 0 Å². The van der Waals surface area contributed by atoms with Gasteiger partial charge in [0.05, 0.1) is 0 Å². The van der Waals surface area contributed by atoms with Gasteiger partial charge < -0.3 is 0 Å². The summed E-state index contributed by atoms with van der Waals surface area (Å²) >= 11 is 7.57. The van der Waals surface area contributed by atoms with Crippen LogP contribution in [0.1, 0.15) is 18.3 Å². The first-order chi connectivity index (χ1) is 8.69. The molecule has 4 nitrogen and oxygen atoms in total. The molecule has 2 aromatic heterocycles. The number of hydrogen-bond donors (Lipinski definition) is 0. The molecular weight excluding hydrogens is 268 g/mol. The molecule has 1 aromatic carbocycles. The summed E-state index contributed by atoms with van der Waals surface area (Å²) in [5, 5.41) is 14.5. The molecule has 2 heterocycles. The van der Waals surface area contributed by atoms with Gasteiger partial charge in [-0.05, 0) is 24.6 Å². The zero-order valence-electron chi connectivity index (χ0n) is 10.0. The van der Waals surface area contributed by atoms with Crippen molar-refractivity contribution < 1.29 is 0 Å². The number of hydrogen-bond acceptors (Lipinski definition) is 4. The van der Waals surface area contributed by atoms with E-state index >= 15 is 0 Å². The number of aromatic nitrogens is 4. The zero-order chi connectivity index (χ0) is 12.7. The molecular formula is C12H11ClN4S. The Labute approximate surface area is 113 Å². The van der Waals surface area contributed by atoms with Gasteiger partial charge in [0.25, 0.3) is 0 Å². The third-order valence-electron chi connectivity index (χ3n) is 2.78. The number of aryl methyl sites for hydroxylation is 2. The van der Waals surface area contributed by atoms with Crippen LogP contribution in [0.3, 0.4) is 0 Å². The maximum atomic E-state index is 6.03. The van der Waals surface area contributed by atoms with Gasteiger partial charge in [-0.2, -0.15) is 9.61 Å². The van der Waals surface area contributed by atoms with Crippen molar-refractivity contribution >= 4 is 27.9 Å². The van der Waals surface area contributed by atoms with Crippen LogP contribution in [0.25, 0.3) is 15.5 Å². The highest BCUT2D eigenvalue weighted by Crippen LogP contribution is 2.28. The van der Waals surface area contributed by atoms with E-state index in [-0.39, 0.29) is 0 Å². The molecule has 0 saturated heterocycles. The van der Waals surface area contributed by atoms with Crippen molar-refractivity contribution in [2.75, 3.05) is 0 Å². The van der Waals surface area contributed by atoms with Crippen molar-refractivity contribution in [2.24, 2.45) is 0 Å². The fraction of sp³-hybridized carbons (Fsp3) is 0.250. The van der Waals surface area contributed by atoms with Crippen LogP contribution < -0.4 is 0 Å². The van der Waals surface area contributed by atoms with Gasteiger partial charge >= 0.3 is 0 Å². The minimum atomic E-state index is 0.774. The fourth-order valence-electron chi connectivity index (χ4n) is 1.77. The lowest BCUT2D eigenvalue weighted by Gasteiger charge is -1.99. The van der Waals surface area contributed by atoms with E-state index in [0.717, 1.165) is 38.4 Å². The molecule has 92 valence electrons. The summed E-state index contributed by atoms with van der Waals surface area (Å²) in [5.41, 5.74) is 2.12. The molecule has 0 spiro atoms. The predicted octanol–water partition coefficient (Wildman–Crippen LogP) is 3.38. The minimum absolute atomic E-state index is 0.774. The van der Waals surface area contributed by atoms with E-state index in [4.69, 9.17) is 11.6 Å². The highest BCUT2D eigenvalue weighted by molar-refractivity contribution is 7.19. The second kappa shape index (κ2) is 4.33. The van der Waals surface area contributed by atoms with Gasteiger partial charge in [-0.15, -0.1) is 10.2 Å². The molecule has 0 aliphatic heterocycles. The van der Waals surface area contributed by atoms with Crippen LogP contribution in [0, 0.1) is 6.92 Å². The highest BCUT2D eigenvalue weighted by atomic mass is 35.5. The lowest BCUT2D eigenvalue weighted by atomic mass is 10.1. The van der Waals surface area contributed by atoms with Crippen LogP contribution in [0.15, 0.2) is 18.2 Å². The maximum absolute atomic E-state index is 6.03. The molecule has 18 heavy (non-hydrogen) atoms. The SMILES string of the molecule is CCc1nnc2sc(-c3ccc(Cl)c(C)c3)nn12. The molecule has 0 radical (unpaired) electrons. The molecule has 0 unspecified atom stereocenters. The Hall–Kier alpha value is -1.46. The highest BCUT2D eigenvalue weighted by Gasteiger charge is 2.12. The predicted molar refractivity (Wildman–Crippen MR) is 73.2 cm³/mol. The maximum Gasteiger partial charge on any atom is 0.234 e. The molecule has 0 atom stereocenters. The summed E-state index contributed by atoms with van der Waals surface area (Å²) in [4.78, 5) is 0.828. The van der Waals surface area contributed by atoms with Gasteiger partial charge in [-0.1, -0.05) is 35.9 Å². The average Bonchev–Trinajstić information content (AvgIpc) is 2.92. The summed E-state index contributed by atoms with van der Waals surface area (Å²) in [5.74, 6) is 0.887. The van der Waals surface area contributed by atoms with Crippen molar-refractivity contribution in [3.05, 3.63) is 34.6 Å². The molecule has 0 saturated carbocycles. The van der Waals surface area contributed by atoms with Gasteiger partial charge in [0, 0.05) is 17.0 Å². The van der Waals surface area contributed by atoms with Gasteiger partial charge in [0.1, 0.15) is 5.01 Å². The van der Waals surface area contributed by atoms with Crippen molar-refractivity contribution in [1.29, 1.82) is 0 Å². The Balaban J connectivity index is 2.13. The number of halogens is 1. The summed E-state index contributed by atoms with van der Waals surface area (Å²) < 4.78 is 1.81. The van der Waals surface area contributed by atoms with Gasteiger partial charge in [-0.3, -0.25) is 0 Å². The summed E-state index contributed by atoms with van der Waals surface area (Å²) in [6.07, 6.45) is 0.823. The smallest absolute Gasteiger partial charge is 0.187 e. The first-order valence-corrected chi connectivity index (χ1v) is 6.86. The fourth-order valence-corrected chi connectivity index (χ4v) is 2.74. The van der Waals surface area contributed by atoms with E-state index < -0.39 is 0 Å². The molecule has 0 aliphatic rings. The molecule has 0 aliphatic carbocycles. The quantitative estimate of drug-likeness (QED) is 0.722. The Morgan fingerprint density at radius 1 is 1.33 bits per heavy atom.